The molecule has 12 nitrogen and oxygen atoms in total. The minimum Gasteiger partial charge on any atom is -0.506 e. The Balaban J connectivity index is 1.96. The number of anilines is 2. The van der Waals surface area contributed by atoms with Crippen LogP contribution in [0.5, 0.6) is 5.75 Å². The fourth-order valence-corrected chi connectivity index (χ4v) is 5.39. The summed E-state index contributed by atoms with van der Waals surface area (Å²) in [6.07, 6.45) is 0. The van der Waals surface area contributed by atoms with Crippen LogP contribution in [0.4, 0.5) is 11.4 Å². The van der Waals surface area contributed by atoms with Crippen molar-refractivity contribution in [3.05, 3.63) is 96.1 Å². The number of phenols is 1. The van der Waals surface area contributed by atoms with Gasteiger partial charge in [0, 0.05) is 47.8 Å². The summed E-state index contributed by atoms with van der Waals surface area (Å²) in [4.78, 5) is 50.6. The molecule has 0 spiro atoms. The lowest BCUT2D eigenvalue weighted by Crippen LogP contribution is -2.22. The van der Waals surface area contributed by atoms with E-state index in [1.165, 1.54) is 44.4 Å². The van der Waals surface area contributed by atoms with Gasteiger partial charge in [0.2, 0.25) is 0 Å². The van der Waals surface area contributed by atoms with E-state index in [9.17, 15) is 29.0 Å². The lowest BCUT2D eigenvalue weighted by Gasteiger charge is -2.17. The molecule has 9 N–H and O–H groups in total. The fraction of sp³-hybridized carbons (Fsp3) is 0.0645. The molecule has 0 aliphatic heterocycles. The fourth-order valence-electron chi connectivity index (χ4n) is 4.81. The molecule has 44 heavy (non-hydrogen) atoms. The number of rotatable bonds is 7. The highest BCUT2D eigenvalue weighted by molar-refractivity contribution is 7.60. The van der Waals surface area contributed by atoms with Gasteiger partial charge in [-0.2, -0.15) is 0 Å². The van der Waals surface area contributed by atoms with Crippen LogP contribution in [0.3, 0.4) is 0 Å². The summed E-state index contributed by atoms with van der Waals surface area (Å²) in [5, 5.41) is 15.6. The Kier molecular flexibility index (Phi) is 7.99. The molecular weight excluding hydrogens is 583 g/mol. The van der Waals surface area contributed by atoms with Gasteiger partial charge in [0.25, 0.3) is 11.8 Å². The Labute approximate surface area is 252 Å². The van der Waals surface area contributed by atoms with Crippen LogP contribution in [0.25, 0.3) is 39.6 Å². The number of aromatic nitrogens is 2. The molecule has 0 unspecified atom stereocenters. The van der Waals surface area contributed by atoms with E-state index in [0.717, 1.165) is 0 Å². The van der Waals surface area contributed by atoms with Crippen molar-refractivity contribution in [3.63, 3.8) is 0 Å². The maximum absolute atomic E-state index is 12.8. The molecule has 0 aliphatic carbocycles. The normalized spacial score (nSPS) is 11.3. The predicted octanol–water partition coefficient (Wildman–Crippen LogP) is 3.27. The van der Waals surface area contributed by atoms with Crippen molar-refractivity contribution in [1.29, 1.82) is 0 Å². The first-order valence-electron chi connectivity index (χ1n) is 13.3. The van der Waals surface area contributed by atoms with Gasteiger partial charge in [-0.1, -0.05) is 30.3 Å². The number of hydrogen-bond acceptors (Lipinski definition) is 7. The molecule has 2 amide bonds. The smallest absolute Gasteiger partial charge is 0.356 e. The largest absolute Gasteiger partial charge is 0.506 e. The zero-order valence-corrected chi connectivity index (χ0v) is 24.5. The number of carbonyl (C=O) groups excluding carboxylic acids is 2. The molecule has 1 heterocycles. The summed E-state index contributed by atoms with van der Waals surface area (Å²) in [6.45, 7) is 0. The van der Waals surface area contributed by atoms with Crippen molar-refractivity contribution in [3.8, 4) is 45.3 Å². The van der Waals surface area contributed by atoms with E-state index in [2.05, 4.69) is 10.6 Å². The lowest BCUT2D eigenvalue weighted by atomic mass is 10.0. The second kappa shape index (κ2) is 11.7. The van der Waals surface area contributed by atoms with E-state index in [4.69, 9.17) is 16.5 Å². The summed E-state index contributed by atoms with van der Waals surface area (Å²) in [6, 6.07) is 22.6. The maximum atomic E-state index is 12.8. The average Bonchev–Trinajstić information content (AvgIpc) is 3.41. The first-order valence-corrected chi connectivity index (χ1v) is 14.9. The first-order chi connectivity index (χ1) is 20.9. The highest BCUT2D eigenvalue weighted by Crippen LogP contribution is 2.41. The number of hydrogen-bond donors (Lipinski definition) is 7. The van der Waals surface area contributed by atoms with Crippen LogP contribution in [-0.4, -0.2) is 50.4 Å². The number of aromatic hydroxyl groups is 1. The van der Waals surface area contributed by atoms with Gasteiger partial charge in [-0.15, -0.1) is 0 Å². The maximum Gasteiger partial charge on any atom is 0.356 e. The zero-order chi connectivity index (χ0) is 31.8. The standard InChI is InChI=1S/C31H29N6O6P/c1-34-30(39)24-14-19(15-25(28(24)38)31(40)35-2)29-36-26(17-6-10-20(32)11-7-17)27(18-8-12-21(33)13-9-18)37(29)22-4-3-5-23(16-22)44(41,42)43/h3-16,38H,32-33H2,1-2H3,(H,34,39)(H,35,40)(H2,41,42,43). The lowest BCUT2D eigenvalue weighted by molar-refractivity contribution is 0.0958. The molecule has 0 radical (unpaired) electrons. The number of nitrogens with one attached hydrogen (secondary N) is 2. The van der Waals surface area contributed by atoms with Crippen molar-refractivity contribution >= 4 is 36.1 Å². The number of nitrogens with zero attached hydrogens (tertiary/aromatic N) is 2. The average molecular weight is 613 g/mol. The van der Waals surface area contributed by atoms with Crippen LogP contribution in [-0.2, 0) is 4.57 Å². The van der Waals surface area contributed by atoms with E-state index in [-0.39, 0.29) is 27.8 Å². The topological polar surface area (TPSA) is 206 Å². The van der Waals surface area contributed by atoms with Crippen molar-refractivity contribution in [2.24, 2.45) is 0 Å². The predicted molar refractivity (Wildman–Crippen MR) is 169 cm³/mol. The van der Waals surface area contributed by atoms with Crippen LogP contribution in [0.2, 0.25) is 0 Å². The Morgan fingerprint density at radius 2 is 1.30 bits per heavy atom. The van der Waals surface area contributed by atoms with E-state index < -0.39 is 25.2 Å². The van der Waals surface area contributed by atoms with Crippen LogP contribution in [0.15, 0.2) is 84.9 Å². The Bertz CT molecular complexity index is 1910. The summed E-state index contributed by atoms with van der Waals surface area (Å²) < 4.78 is 14.0. The number of nitrogen functional groups attached to an aromatic ring is 2. The molecule has 13 heteroatoms. The molecule has 0 bridgehead atoms. The second-order valence-corrected chi connectivity index (χ2v) is 11.5. The molecule has 0 saturated carbocycles. The van der Waals surface area contributed by atoms with Gasteiger partial charge in [-0.25, -0.2) is 4.98 Å². The number of amides is 2. The Morgan fingerprint density at radius 3 is 1.80 bits per heavy atom. The minimum absolute atomic E-state index is 0.176. The molecule has 224 valence electrons. The van der Waals surface area contributed by atoms with E-state index >= 15 is 0 Å². The highest BCUT2D eigenvalue weighted by Gasteiger charge is 2.27. The van der Waals surface area contributed by atoms with Gasteiger partial charge in [-0.3, -0.25) is 18.7 Å². The molecular formula is C31H29N6O6P. The number of nitrogens with two attached hydrogens (primary N) is 2. The van der Waals surface area contributed by atoms with Crippen LogP contribution in [0, 0.1) is 0 Å². The molecule has 0 saturated heterocycles. The number of imidazole rings is 1. The van der Waals surface area contributed by atoms with Crippen molar-refractivity contribution in [1.82, 2.24) is 20.2 Å². The summed E-state index contributed by atoms with van der Waals surface area (Å²) >= 11 is 0. The van der Waals surface area contributed by atoms with Crippen LogP contribution in [0.1, 0.15) is 20.7 Å². The molecule has 0 aliphatic rings. The van der Waals surface area contributed by atoms with Crippen molar-refractivity contribution in [2.45, 2.75) is 0 Å². The highest BCUT2D eigenvalue weighted by atomic mass is 31.2. The monoisotopic (exact) mass is 612 g/mol. The van der Waals surface area contributed by atoms with Gasteiger partial charge < -0.3 is 37.0 Å². The second-order valence-electron chi connectivity index (χ2n) is 9.85. The molecule has 5 rings (SSSR count). The van der Waals surface area contributed by atoms with E-state index in [0.29, 0.717) is 39.6 Å². The number of carbonyl (C=O) groups is 2. The van der Waals surface area contributed by atoms with Gasteiger partial charge in [-0.05, 0) is 54.6 Å². The van der Waals surface area contributed by atoms with Gasteiger partial charge in [0.1, 0.15) is 11.6 Å². The van der Waals surface area contributed by atoms with Crippen molar-refractivity contribution < 1.29 is 29.0 Å². The van der Waals surface area contributed by atoms with Crippen molar-refractivity contribution in [2.75, 3.05) is 25.6 Å². The zero-order valence-electron chi connectivity index (χ0n) is 23.6. The van der Waals surface area contributed by atoms with Crippen LogP contribution >= 0.6 is 7.60 Å². The molecule has 0 atom stereocenters. The number of benzene rings is 4. The third kappa shape index (κ3) is 5.64. The van der Waals surface area contributed by atoms with E-state index in [1.54, 1.807) is 59.2 Å². The third-order valence-electron chi connectivity index (χ3n) is 6.98. The number of phenolic OH excluding ortho intramolecular Hbond substituents is 1. The molecule has 4 aromatic carbocycles. The van der Waals surface area contributed by atoms with Gasteiger partial charge >= 0.3 is 7.60 Å². The summed E-state index contributed by atoms with van der Waals surface area (Å²) in [7, 11) is -1.88. The van der Waals surface area contributed by atoms with Gasteiger partial charge in [0.15, 0.2) is 0 Å². The molecule has 1 aromatic heterocycles. The Morgan fingerprint density at radius 1 is 0.773 bits per heavy atom. The van der Waals surface area contributed by atoms with E-state index in [1.807, 2.05) is 0 Å². The third-order valence-corrected chi connectivity index (χ3v) is 7.93. The Hall–Kier alpha value is -5.42. The summed E-state index contributed by atoms with van der Waals surface area (Å²) in [5.74, 6) is -1.60. The van der Waals surface area contributed by atoms with Gasteiger partial charge in [0.05, 0.1) is 27.8 Å². The van der Waals surface area contributed by atoms with Crippen LogP contribution < -0.4 is 27.4 Å². The molecule has 5 aromatic rings. The summed E-state index contributed by atoms with van der Waals surface area (Å²) in [5.41, 5.74) is 15.5. The minimum atomic E-state index is -4.66. The molecule has 0 fully saturated rings. The SMILES string of the molecule is CNC(=O)c1cc(-c2nc(-c3ccc(N)cc3)c(-c3ccc(N)cc3)n2-c2cccc(P(=O)(O)O)c2)cc(C(=O)NC)c1O. The quantitative estimate of drug-likeness (QED) is 0.106. The first kappa shape index (κ1) is 30.1.